The van der Waals surface area contributed by atoms with E-state index >= 15 is 0 Å². The van der Waals surface area contributed by atoms with E-state index in [1.54, 1.807) is 13.0 Å². The number of amides is 1. The molecule has 2 unspecified atom stereocenters. The maximum Gasteiger partial charge on any atom is 0.336 e. The van der Waals surface area contributed by atoms with Crippen LogP contribution >= 0.6 is 0 Å². The molecular formula is C21H27NO6. The molecule has 1 aromatic heterocycles. The quantitative estimate of drug-likeness (QED) is 0.578. The van der Waals surface area contributed by atoms with Gasteiger partial charge in [-0.1, -0.05) is 20.8 Å². The fourth-order valence-corrected chi connectivity index (χ4v) is 2.92. The number of carbonyl (C=O) groups excluding carboxylic acids is 2. The molecule has 0 spiro atoms. The van der Waals surface area contributed by atoms with E-state index in [1.807, 2.05) is 33.8 Å². The number of benzene rings is 1. The van der Waals surface area contributed by atoms with Crippen molar-refractivity contribution in [1.29, 1.82) is 0 Å². The molecule has 152 valence electrons. The predicted molar refractivity (Wildman–Crippen MR) is 105 cm³/mol. The fourth-order valence-electron chi connectivity index (χ4n) is 2.92. The first-order valence-electron chi connectivity index (χ1n) is 9.30. The molecule has 1 aromatic carbocycles. The summed E-state index contributed by atoms with van der Waals surface area (Å²) >= 11 is 0. The molecule has 0 saturated heterocycles. The smallest absolute Gasteiger partial charge is 0.336 e. The van der Waals surface area contributed by atoms with E-state index in [2.05, 4.69) is 5.32 Å². The molecule has 0 bridgehead atoms. The minimum absolute atomic E-state index is 0.132. The summed E-state index contributed by atoms with van der Waals surface area (Å²) in [6, 6.07) is 4.22. The standard InChI is InChI=1S/C21H27NO6/c1-7-14-9-15-12(4)8-18(23)28-17(15)10-16(14)27-13(5)20(24)22-19(11(2)3)21(25)26-6/h8-11,13,19H,7H2,1-6H3,(H,22,24). The van der Waals surface area contributed by atoms with Crippen molar-refractivity contribution >= 4 is 22.8 Å². The Labute approximate surface area is 164 Å². The Morgan fingerprint density at radius 2 is 1.86 bits per heavy atom. The molecule has 0 fully saturated rings. The highest BCUT2D eigenvalue weighted by atomic mass is 16.5. The Morgan fingerprint density at radius 3 is 2.43 bits per heavy atom. The van der Waals surface area contributed by atoms with Gasteiger partial charge in [-0.05, 0) is 43.4 Å². The maximum atomic E-state index is 12.5. The number of hydrogen-bond acceptors (Lipinski definition) is 6. The van der Waals surface area contributed by atoms with Gasteiger partial charge in [0.05, 0.1) is 7.11 Å². The second kappa shape index (κ2) is 8.91. The summed E-state index contributed by atoms with van der Waals surface area (Å²) in [7, 11) is 1.28. The van der Waals surface area contributed by atoms with Gasteiger partial charge < -0.3 is 19.2 Å². The van der Waals surface area contributed by atoms with Crippen LogP contribution in [0.25, 0.3) is 11.0 Å². The fraction of sp³-hybridized carbons (Fsp3) is 0.476. The van der Waals surface area contributed by atoms with Crippen LogP contribution in [0.15, 0.2) is 27.4 Å². The Balaban J connectivity index is 2.28. The van der Waals surface area contributed by atoms with Crippen molar-refractivity contribution < 1.29 is 23.5 Å². The van der Waals surface area contributed by atoms with Gasteiger partial charge in [0, 0.05) is 17.5 Å². The number of hydrogen-bond donors (Lipinski definition) is 1. The number of aryl methyl sites for hydroxylation is 2. The molecule has 0 aliphatic heterocycles. The molecule has 28 heavy (non-hydrogen) atoms. The van der Waals surface area contributed by atoms with Crippen molar-refractivity contribution in [3.63, 3.8) is 0 Å². The first-order chi connectivity index (χ1) is 13.2. The zero-order chi connectivity index (χ0) is 21.0. The lowest BCUT2D eigenvalue weighted by Gasteiger charge is -2.23. The average molecular weight is 389 g/mol. The van der Waals surface area contributed by atoms with Crippen molar-refractivity contribution in [2.75, 3.05) is 7.11 Å². The molecular weight excluding hydrogens is 362 g/mol. The van der Waals surface area contributed by atoms with Gasteiger partial charge in [0.15, 0.2) is 6.10 Å². The van der Waals surface area contributed by atoms with Gasteiger partial charge in [-0.15, -0.1) is 0 Å². The molecule has 1 amide bonds. The van der Waals surface area contributed by atoms with Crippen molar-refractivity contribution in [3.05, 3.63) is 39.7 Å². The highest BCUT2D eigenvalue weighted by molar-refractivity contribution is 5.87. The molecule has 0 saturated carbocycles. The van der Waals surface area contributed by atoms with Gasteiger partial charge in [-0.3, -0.25) is 4.79 Å². The molecule has 1 heterocycles. The molecule has 2 aromatic rings. The zero-order valence-corrected chi connectivity index (χ0v) is 17.1. The number of rotatable bonds is 7. The van der Waals surface area contributed by atoms with Crippen LogP contribution in [0.2, 0.25) is 0 Å². The highest BCUT2D eigenvalue weighted by Crippen LogP contribution is 2.28. The number of fused-ring (bicyclic) bond motifs is 1. The summed E-state index contributed by atoms with van der Waals surface area (Å²) in [5, 5.41) is 3.49. The SMILES string of the molecule is CCc1cc2c(C)cc(=O)oc2cc1OC(C)C(=O)NC(C(=O)OC)C(C)C. The summed E-state index contributed by atoms with van der Waals surface area (Å²) in [5.41, 5.74) is 1.66. The third-order valence-electron chi connectivity index (χ3n) is 4.61. The largest absolute Gasteiger partial charge is 0.480 e. The van der Waals surface area contributed by atoms with Gasteiger partial charge in [0.1, 0.15) is 17.4 Å². The lowest BCUT2D eigenvalue weighted by Crippen LogP contribution is -2.49. The topological polar surface area (TPSA) is 94.8 Å². The lowest BCUT2D eigenvalue weighted by atomic mass is 10.0. The first kappa shape index (κ1) is 21.5. The van der Waals surface area contributed by atoms with Crippen LogP contribution in [0, 0.1) is 12.8 Å². The van der Waals surface area contributed by atoms with E-state index in [9.17, 15) is 14.4 Å². The number of nitrogens with one attached hydrogen (secondary N) is 1. The first-order valence-corrected chi connectivity index (χ1v) is 9.30. The second-order valence-corrected chi connectivity index (χ2v) is 7.07. The van der Waals surface area contributed by atoms with Crippen LogP contribution in [-0.2, 0) is 20.7 Å². The Morgan fingerprint density at radius 1 is 1.18 bits per heavy atom. The molecule has 1 N–H and O–H groups in total. The van der Waals surface area contributed by atoms with Crippen LogP contribution in [0.1, 0.15) is 38.8 Å². The Bertz CT molecular complexity index is 930. The minimum atomic E-state index is -0.856. The molecule has 0 radical (unpaired) electrons. The maximum absolute atomic E-state index is 12.5. The summed E-state index contributed by atoms with van der Waals surface area (Å²) in [4.78, 5) is 36.1. The van der Waals surface area contributed by atoms with Gasteiger partial charge in [0.25, 0.3) is 5.91 Å². The van der Waals surface area contributed by atoms with Gasteiger partial charge in [0.2, 0.25) is 0 Å². The van der Waals surface area contributed by atoms with Crippen molar-refractivity contribution in [2.45, 2.75) is 53.2 Å². The van der Waals surface area contributed by atoms with E-state index in [-0.39, 0.29) is 5.92 Å². The predicted octanol–water partition coefficient (Wildman–Crippen LogP) is 2.74. The summed E-state index contributed by atoms with van der Waals surface area (Å²) in [5.74, 6) is -0.608. The third-order valence-corrected chi connectivity index (χ3v) is 4.61. The lowest BCUT2D eigenvalue weighted by molar-refractivity contribution is -0.147. The number of carbonyl (C=O) groups is 2. The zero-order valence-electron chi connectivity index (χ0n) is 17.1. The molecule has 7 nitrogen and oxygen atoms in total. The summed E-state index contributed by atoms with van der Waals surface area (Å²) in [6.45, 7) is 9.04. The Hall–Kier alpha value is -2.83. The van der Waals surface area contributed by atoms with Crippen LogP contribution in [0.5, 0.6) is 5.75 Å². The van der Waals surface area contributed by atoms with Crippen molar-refractivity contribution in [3.8, 4) is 5.75 Å². The highest BCUT2D eigenvalue weighted by Gasteiger charge is 2.28. The number of methoxy groups -OCH3 is 1. The second-order valence-electron chi connectivity index (χ2n) is 7.07. The minimum Gasteiger partial charge on any atom is -0.480 e. The van der Waals surface area contributed by atoms with Gasteiger partial charge in [-0.25, -0.2) is 9.59 Å². The van der Waals surface area contributed by atoms with Crippen LogP contribution < -0.4 is 15.7 Å². The molecule has 0 aliphatic rings. The van der Waals surface area contributed by atoms with Gasteiger partial charge in [-0.2, -0.15) is 0 Å². The Kier molecular flexibility index (Phi) is 6.83. The van der Waals surface area contributed by atoms with E-state index in [0.717, 1.165) is 16.5 Å². The van der Waals surface area contributed by atoms with Gasteiger partial charge >= 0.3 is 11.6 Å². The van der Waals surface area contributed by atoms with E-state index in [1.165, 1.54) is 13.2 Å². The third kappa shape index (κ3) is 4.71. The molecule has 2 atom stereocenters. The van der Waals surface area contributed by atoms with Crippen LogP contribution in [-0.4, -0.2) is 31.1 Å². The summed E-state index contributed by atoms with van der Waals surface area (Å²) < 4.78 is 15.9. The monoisotopic (exact) mass is 389 g/mol. The number of esters is 1. The number of ether oxygens (including phenoxy) is 2. The van der Waals surface area contributed by atoms with Crippen molar-refractivity contribution in [2.24, 2.45) is 5.92 Å². The molecule has 2 rings (SSSR count). The molecule has 7 heteroatoms. The normalized spacial score (nSPS) is 13.2. The van der Waals surface area contributed by atoms with E-state index in [4.69, 9.17) is 13.9 Å². The van der Waals surface area contributed by atoms with E-state index in [0.29, 0.717) is 17.8 Å². The van der Waals surface area contributed by atoms with Crippen molar-refractivity contribution in [1.82, 2.24) is 5.32 Å². The summed E-state index contributed by atoms with van der Waals surface area (Å²) in [6.07, 6.45) is -0.181. The van der Waals surface area contributed by atoms with E-state index < -0.39 is 29.6 Å². The average Bonchev–Trinajstić information content (AvgIpc) is 2.64. The van der Waals surface area contributed by atoms with Crippen LogP contribution in [0.3, 0.4) is 0 Å². The van der Waals surface area contributed by atoms with Crippen LogP contribution in [0.4, 0.5) is 0 Å². The molecule has 0 aliphatic carbocycles.